The zero-order chi connectivity index (χ0) is 38.6. The molecule has 0 fully saturated rings. The van der Waals surface area contributed by atoms with Crippen molar-refractivity contribution < 1.29 is 19.8 Å². The lowest BCUT2D eigenvalue weighted by atomic mass is 10.1. The summed E-state index contributed by atoms with van der Waals surface area (Å²) in [7, 11) is 0. The summed E-state index contributed by atoms with van der Waals surface area (Å²) in [6.07, 6.45) is 15.6. The Hall–Kier alpha value is -3.01. The van der Waals surface area contributed by atoms with E-state index in [2.05, 4.69) is 128 Å². The number of aliphatic hydroxyl groups excluding tert-OH is 1. The number of Topliss-reactive ketones (excluding diaryl/α,β-unsaturated/α-hetero) is 1. The highest BCUT2D eigenvalue weighted by molar-refractivity contribution is 9.11. The lowest BCUT2D eigenvalue weighted by molar-refractivity contribution is -0.136. The zero-order valence-corrected chi connectivity index (χ0v) is 37.2. The molecular weight excluding hydrogens is 1000 g/mol. The Morgan fingerprint density at radius 1 is 0.704 bits per heavy atom. The van der Waals surface area contributed by atoms with Gasteiger partial charge >= 0.3 is 5.97 Å². The number of ketones is 1. The number of benzene rings is 5. The van der Waals surface area contributed by atoms with Crippen molar-refractivity contribution in [1.29, 1.82) is 0 Å². The molecular formula is C45H38Br5O4+. The smallest absolute Gasteiger partial charge is 0.303 e. The van der Waals surface area contributed by atoms with Gasteiger partial charge in [-0.1, -0.05) is 130 Å². The van der Waals surface area contributed by atoms with Gasteiger partial charge in [-0.25, -0.2) is 0 Å². The highest BCUT2D eigenvalue weighted by atomic mass is 79.9. The number of carbonyl (C=O) groups excluding carboxylic acids is 1. The number of allylic oxidation sites excluding steroid dienone is 2. The molecule has 1 unspecified atom stereocenters. The molecule has 0 radical (unpaired) electrons. The van der Waals surface area contributed by atoms with Crippen LogP contribution < -0.4 is 0 Å². The summed E-state index contributed by atoms with van der Waals surface area (Å²) in [4.78, 5) is 21.5. The minimum Gasteiger partial charge on any atom is -0.481 e. The van der Waals surface area contributed by atoms with Crippen molar-refractivity contribution in [3.05, 3.63) is 182 Å². The average Bonchev–Trinajstić information content (AvgIpc) is 3.99. The van der Waals surface area contributed by atoms with Crippen LogP contribution in [0.4, 0.5) is 0 Å². The Morgan fingerprint density at radius 3 is 2.04 bits per heavy atom. The fourth-order valence-electron chi connectivity index (χ4n) is 6.39. The van der Waals surface area contributed by atoms with Crippen molar-refractivity contribution in [2.24, 2.45) is 0 Å². The maximum Gasteiger partial charge on any atom is 0.303 e. The van der Waals surface area contributed by atoms with Gasteiger partial charge < -0.3 is 10.2 Å². The number of aryl methyl sites for hydroxylation is 1. The van der Waals surface area contributed by atoms with E-state index in [-0.39, 0.29) is 18.3 Å². The van der Waals surface area contributed by atoms with Gasteiger partial charge in [0.25, 0.3) is 0 Å². The molecule has 0 aromatic heterocycles. The van der Waals surface area contributed by atoms with Crippen molar-refractivity contribution in [2.75, 3.05) is 0 Å². The first-order valence-corrected chi connectivity index (χ1v) is 21.5. The highest BCUT2D eigenvalue weighted by Crippen LogP contribution is 2.35. The number of carboxylic acids is 1. The third-order valence-electron chi connectivity index (χ3n) is 9.23. The topological polar surface area (TPSA) is 74.6 Å². The van der Waals surface area contributed by atoms with Crippen LogP contribution in [0.15, 0.2) is 126 Å². The van der Waals surface area contributed by atoms with Crippen LogP contribution in [0.1, 0.15) is 80.2 Å². The van der Waals surface area contributed by atoms with Crippen molar-refractivity contribution in [3.8, 4) is 0 Å². The molecule has 9 heteroatoms. The summed E-state index contributed by atoms with van der Waals surface area (Å²) in [5, 5.41) is 17.9. The summed E-state index contributed by atoms with van der Waals surface area (Å²) in [6, 6.07) is 32.0. The Labute approximate surface area is 359 Å². The maximum absolute atomic E-state index is 11.2. The minimum absolute atomic E-state index is 0.183. The van der Waals surface area contributed by atoms with E-state index in [1.54, 1.807) is 0 Å². The van der Waals surface area contributed by atoms with Crippen LogP contribution in [0, 0.1) is 6.08 Å². The van der Waals surface area contributed by atoms with Crippen LogP contribution in [0.25, 0.3) is 12.2 Å². The monoisotopic (exact) mass is 1040 g/mol. The molecule has 5 aromatic carbocycles. The van der Waals surface area contributed by atoms with Crippen LogP contribution in [-0.2, 0) is 36.9 Å². The van der Waals surface area contributed by atoms with Crippen molar-refractivity contribution in [2.45, 2.75) is 57.5 Å². The second-order valence-corrected chi connectivity index (χ2v) is 17.1. The number of carboxylic acid groups (broad SMARTS) is 1. The first kappa shape index (κ1) is 42.1. The molecule has 0 saturated heterocycles. The van der Waals surface area contributed by atoms with Gasteiger partial charge in [0.2, 0.25) is 0 Å². The molecule has 54 heavy (non-hydrogen) atoms. The standard InChI is InChI=1S/C9H9BrO2.C9H9BrO.C9H7BrO.C9H7Br.C9H6Br/c10-8-4-2-1-3-7(8)5-6-9(11)12;2*10-8-3-1-2-7-6(8)4-5-9(7)11;2*10-9-6-2-4-7-3-1-5-8(7)9/h1-4H,5-6H2,(H,11,12);1-3,9,11H,4-5H2;1-3H,4-5H2;1-2,4-6H,3H2;2-4,6H,5H2/q;;;;+1. The van der Waals surface area contributed by atoms with E-state index in [0.29, 0.717) is 12.8 Å². The quantitative estimate of drug-likeness (QED) is 0.177. The summed E-state index contributed by atoms with van der Waals surface area (Å²) in [5.41, 5.74) is 10.9. The summed E-state index contributed by atoms with van der Waals surface area (Å²) in [6.45, 7) is 0. The molecule has 0 heterocycles. The maximum atomic E-state index is 11.2. The molecule has 0 saturated carbocycles. The number of hydrogen-bond donors (Lipinski definition) is 2. The molecule has 0 spiro atoms. The highest BCUT2D eigenvalue weighted by Gasteiger charge is 2.22. The summed E-state index contributed by atoms with van der Waals surface area (Å²) < 4.78 is 5.59. The van der Waals surface area contributed by atoms with Gasteiger partial charge in [-0.15, -0.1) is 0 Å². The predicted octanol–water partition coefficient (Wildman–Crippen LogP) is 13.3. The third-order valence-corrected chi connectivity index (χ3v) is 12.9. The first-order valence-electron chi connectivity index (χ1n) is 17.5. The summed E-state index contributed by atoms with van der Waals surface area (Å²) in [5.74, 6) is -0.480. The summed E-state index contributed by atoms with van der Waals surface area (Å²) >= 11 is 17.2. The normalized spacial score (nSPS) is 14.6. The number of aliphatic carboxylic acids is 1. The fourth-order valence-corrected chi connectivity index (χ4v) is 9.08. The van der Waals surface area contributed by atoms with Crippen LogP contribution in [0.3, 0.4) is 0 Å². The van der Waals surface area contributed by atoms with Crippen LogP contribution in [0.2, 0.25) is 0 Å². The fraction of sp³-hybridized carbons (Fsp3) is 0.200. The van der Waals surface area contributed by atoms with E-state index in [9.17, 15) is 14.7 Å². The second kappa shape index (κ2) is 20.8. The van der Waals surface area contributed by atoms with Crippen molar-refractivity contribution >= 4 is 104 Å². The lowest BCUT2D eigenvalue weighted by Crippen LogP contribution is -1.97. The number of carbonyl (C=O) groups is 2. The SMILES string of the molecule is Brc1cccc2c1C=CC2.Brc1cccc2c1C[C+]=C2.O=C(O)CCc1ccccc1Br.O=C1CCc2c(Br)cccc21.OC1CCc2c(Br)cccc21. The van der Waals surface area contributed by atoms with E-state index in [4.69, 9.17) is 5.11 Å². The predicted molar refractivity (Wildman–Crippen MR) is 237 cm³/mol. The Bertz CT molecular complexity index is 2170. The molecule has 1 atom stereocenters. The largest absolute Gasteiger partial charge is 0.481 e. The molecule has 4 aliphatic carbocycles. The van der Waals surface area contributed by atoms with Gasteiger partial charge in [-0.05, 0) is 118 Å². The van der Waals surface area contributed by atoms with E-state index in [1.807, 2.05) is 72.8 Å². The first-order chi connectivity index (χ1) is 26.0. The van der Waals surface area contributed by atoms with Crippen molar-refractivity contribution in [1.82, 2.24) is 0 Å². The Balaban J connectivity index is 0.000000130. The second-order valence-electron chi connectivity index (χ2n) is 12.8. The van der Waals surface area contributed by atoms with Crippen LogP contribution >= 0.6 is 79.6 Å². The van der Waals surface area contributed by atoms with Gasteiger partial charge in [-0.2, -0.15) is 0 Å². The van der Waals surface area contributed by atoms with Crippen LogP contribution in [0.5, 0.6) is 0 Å². The number of hydrogen-bond acceptors (Lipinski definition) is 3. The van der Waals surface area contributed by atoms with E-state index >= 15 is 0 Å². The van der Waals surface area contributed by atoms with E-state index in [1.165, 1.54) is 42.3 Å². The van der Waals surface area contributed by atoms with Crippen LogP contribution in [-0.4, -0.2) is 22.0 Å². The van der Waals surface area contributed by atoms with Gasteiger partial charge in [-0.3, -0.25) is 9.59 Å². The van der Waals surface area contributed by atoms with Gasteiger partial charge in [0, 0.05) is 46.8 Å². The molecule has 9 rings (SSSR count). The van der Waals surface area contributed by atoms with E-state index in [0.717, 1.165) is 62.2 Å². The third kappa shape index (κ3) is 11.5. The molecule has 4 nitrogen and oxygen atoms in total. The molecule has 276 valence electrons. The Morgan fingerprint density at radius 2 is 1.35 bits per heavy atom. The minimum atomic E-state index is -0.759. The van der Waals surface area contributed by atoms with Gasteiger partial charge in [0.15, 0.2) is 11.9 Å². The van der Waals surface area contributed by atoms with Gasteiger partial charge in [0.1, 0.15) is 12.0 Å². The number of aliphatic hydroxyl groups is 1. The zero-order valence-electron chi connectivity index (χ0n) is 29.3. The molecule has 0 bridgehead atoms. The van der Waals surface area contributed by atoms with Crippen molar-refractivity contribution in [3.63, 3.8) is 0 Å². The average molecular weight is 1040 g/mol. The molecule has 5 aromatic rings. The number of fused-ring (bicyclic) bond motifs is 4. The number of rotatable bonds is 3. The Kier molecular flexibility index (Phi) is 16.2. The molecule has 2 N–H and O–H groups in total. The molecule has 4 aliphatic rings. The van der Waals surface area contributed by atoms with E-state index < -0.39 is 5.97 Å². The molecule has 0 amide bonds. The van der Waals surface area contributed by atoms with Gasteiger partial charge in [0.05, 0.1) is 17.7 Å². The lowest BCUT2D eigenvalue weighted by Gasteiger charge is -2.03. The number of halogens is 5. The molecule has 0 aliphatic heterocycles.